The molecule has 0 atom stereocenters. The van der Waals surface area contributed by atoms with E-state index < -0.39 is 0 Å². The zero-order valence-electron chi connectivity index (χ0n) is 7.70. The van der Waals surface area contributed by atoms with Crippen LogP contribution < -0.4 is 29.6 Å². The maximum Gasteiger partial charge on any atom is 1.00 e. The summed E-state index contributed by atoms with van der Waals surface area (Å²) in [5, 5.41) is 0. The van der Waals surface area contributed by atoms with Crippen molar-refractivity contribution in [1.82, 2.24) is 0 Å². The van der Waals surface area contributed by atoms with E-state index in [9.17, 15) is 0 Å². The molecule has 0 aliphatic heterocycles. The minimum absolute atomic E-state index is 0. The Kier molecular flexibility index (Phi) is 11.8. The Morgan fingerprint density at radius 3 is 1.25 bits per heavy atom. The SMILES string of the molecule is CCC(CC)CC.[H-].[Na+]. The number of rotatable bonds is 3. The standard InChI is InChI=1S/C7H16.Na.H/c1-4-7(5-2)6-3;;/h7H,4-6H2,1-3H3;;/q;+1;-1. The molecule has 0 aromatic carbocycles. The molecule has 0 amide bonds. The molecule has 0 radical (unpaired) electrons. The van der Waals surface area contributed by atoms with Crippen LogP contribution in [0.3, 0.4) is 0 Å². The Bertz CT molecular complexity index is 30.4. The summed E-state index contributed by atoms with van der Waals surface area (Å²) in [4.78, 5) is 0. The molecule has 0 fully saturated rings. The summed E-state index contributed by atoms with van der Waals surface area (Å²) in [6.45, 7) is 6.78. The minimum atomic E-state index is 0. The summed E-state index contributed by atoms with van der Waals surface area (Å²) < 4.78 is 0. The van der Waals surface area contributed by atoms with E-state index in [1.165, 1.54) is 19.3 Å². The van der Waals surface area contributed by atoms with Gasteiger partial charge in [0.25, 0.3) is 0 Å². The van der Waals surface area contributed by atoms with E-state index >= 15 is 0 Å². The monoisotopic (exact) mass is 124 g/mol. The summed E-state index contributed by atoms with van der Waals surface area (Å²) in [6.07, 6.45) is 4.06. The largest absolute Gasteiger partial charge is 1.00 e. The van der Waals surface area contributed by atoms with Gasteiger partial charge in [-0.05, 0) is 5.92 Å². The van der Waals surface area contributed by atoms with E-state index in [0.29, 0.717) is 0 Å². The van der Waals surface area contributed by atoms with Crippen molar-refractivity contribution in [1.29, 1.82) is 0 Å². The number of hydrogen-bond acceptors (Lipinski definition) is 0. The van der Waals surface area contributed by atoms with Crippen LogP contribution in [0.5, 0.6) is 0 Å². The second-order valence-corrected chi connectivity index (χ2v) is 2.09. The van der Waals surface area contributed by atoms with E-state index in [2.05, 4.69) is 20.8 Å². The van der Waals surface area contributed by atoms with Crippen molar-refractivity contribution in [3.05, 3.63) is 0 Å². The third kappa shape index (κ3) is 5.14. The van der Waals surface area contributed by atoms with E-state index in [1.807, 2.05) is 0 Å². The summed E-state index contributed by atoms with van der Waals surface area (Å²) in [5.74, 6) is 0.986. The predicted octanol–water partition coefficient (Wildman–Crippen LogP) is -0.0509. The van der Waals surface area contributed by atoms with Crippen molar-refractivity contribution in [3.63, 3.8) is 0 Å². The molecule has 0 heterocycles. The first-order valence-corrected chi connectivity index (χ1v) is 3.35. The van der Waals surface area contributed by atoms with Crippen LogP contribution in [0, 0.1) is 5.92 Å². The smallest absolute Gasteiger partial charge is 1.00 e. The van der Waals surface area contributed by atoms with E-state index in [-0.39, 0.29) is 31.0 Å². The third-order valence-electron chi connectivity index (χ3n) is 1.73. The van der Waals surface area contributed by atoms with Gasteiger partial charge in [0.05, 0.1) is 0 Å². The molecule has 0 unspecified atom stereocenters. The van der Waals surface area contributed by atoms with Gasteiger partial charge in [-0.25, -0.2) is 0 Å². The van der Waals surface area contributed by atoms with Gasteiger partial charge in [-0.3, -0.25) is 0 Å². The fourth-order valence-electron chi connectivity index (χ4n) is 0.866. The van der Waals surface area contributed by atoms with Gasteiger partial charge in [0.1, 0.15) is 0 Å². The molecule has 0 saturated heterocycles. The van der Waals surface area contributed by atoms with Crippen LogP contribution in [0.2, 0.25) is 0 Å². The predicted molar refractivity (Wildman–Crippen MR) is 35.5 cm³/mol. The molecule has 0 N–H and O–H groups in total. The van der Waals surface area contributed by atoms with E-state index in [0.717, 1.165) is 5.92 Å². The molecular weight excluding hydrogens is 107 g/mol. The van der Waals surface area contributed by atoms with Crippen molar-refractivity contribution >= 4 is 0 Å². The van der Waals surface area contributed by atoms with Gasteiger partial charge in [-0.1, -0.05) is 40.0 Å². The molecule has 46 valence electrons. The Morgan fingerprint density at radius 1 is 1.00 bits per heavy atom. The summed E-state index contributed by atoms with van der Waals surface area (Å²) in [6, 6.07) is 0. The molecular formula is C7H17Na. The molecule has 0 rings (SSSR count). The molecule has 0 bridgehead atoms. The van der Waals surface area contributed by atoms with Crippen LogP contribution in [0.25, 0.3) is 0 Å². The van der Waals surface area contributed by atoms with Gasteiger partial charge in [-0.2, -0.15) is 0 Å². The van der Waals surface area contributed by atoms with E-state index in [1.54, 1.807) is 0 Å². The molecule has 0 saturated carbocycles. The van der Waals surface area contributed by atoms with Crippen LogP contribution in [0.1, 0.15) is 41.5 Å². The first kappa shape index (κ1) is 11.8. The Morgan fingerprint density at radius 2 is 1.25 bits per heavy atom. The zero-order valence-corrected chi connectivity index (χ0v) is 8.70. The van der Waals surface area contributed by atoms with Gasteiger partial charge in [-0.15, -0.1) is 0 Å². The van der Waals surface area contributed by atoms with Gasteiger partial charge in [0, 0.05) is 0 Å². The molecule has 0 aromatic rings. The average Bonchev–Trinajstić information content (AvgIpc) is 1.72. The molecule has 1 heteroatoms. The normalized spacial score (nSPS) is 9.00. The number of hydrogen-bond donors (Lipinski definition) is 0. The summed E-state index contributed by atoms with van der Waals surface area (Å²) >= 11 is 0. The topological polar surface area (TPSA) is 0 Å². The van der Waals surface area contributed by atoms with Crippen molar-refractivity contribution in [2.45, 2.75) is 40.0 Å². The van der Waals surface area contributed by atoms with Crippen molar-refractivity contribution in [3.8, 4) is 0 Å². The molecule has 0 aromatic heterocycles. The van der Waals surface area contributed by atoms with Crippen LogP contribution in [-0.4, -0.2) is 0 Å². The fraction of sp³-hybridized carbons (Fsp3) is 1.00. The van der Waals surface area contributed by atoms with Crippen LogP contribution in [0.4, 0.5) is 0 Å². The van der Waals surface area contributed by atoms with Crippen molar-refractivity contribution in [2.24, 2.45) is 5.92 Å². The van der Waals surface area contributed by atoms with Crippen LogP contribution in [-0.2, 0) is 0 Å². The van der Waals surface area contributed by atoms with Crippen LogP contribution >= 0.6 is 0 Å². The van der Waals surface area contributed by atoms with Gasteiger partial charge in [0.15, 0.2) is 0 Å². The van der Waals surface area contributed by atoms with Crippen molar-refractivity contribution < 1.29 is 31.0 Å². The average molecular weight is 124 g/mol. The first-order chi connectivity index (χ1) is 3.35. The third-order valence-corrected chi connectivity index (χ3v) is 1.73. The maximum atomic E-state index is 2.26. The molecule has 0 aliphatic rings. The van der Waals surface area contributed by atoms with E-state index in [4.69, 9.17) is 0 Å². The van der Waals surface area contributed by atoms with Gasteiger partial charge in [0.2, 0.25) is 0 Å². The van der Waals surface area contributed by atoms with Gasteiger partial charge >= 0.3 is 29.6 Å². The second kappa shape index (κ2) is 8.00. The molecule has 0 aliphatic carbocycles. The zero-order chi connectivity index (χ0) is 5.70. The Balaban J connectivity index is -0.000000180. The second-order valence-electron chi connectivity index (χ2n) is 2.09. The first-order valence-electron chi connectivity index (χ1n) is 3.35. The fourth-order valence-corrected chi connectivity index (χ4v) is 0.866. The maximum absolute atomic E-state index is 2.26. The minimum Gasteiger partial charge on any atom is -1.00 e. The molecule has 0 spiro atoms. The van der Waals surface area contributed by atoms with Crippen molar-refractivity contribution in [2.75, 3.05) is 0 Å². The summed E-state index contributed by atoms with van der Waals surface area (Å²) in [7, 11) is 0. The molecule has 0 nitrogen and oxygen atoms in total. The Hall–Kier alpha value is 1.00. The van der Waals surface area contributed by atoms with Crippen LogP contribution in [0.15, 0.2) is 0 Å². The van der Waals surface area contributed by atoms with Gasteiger partial charge < -0.3 is 1.43 Å². The quantitative estimate of drug-likeness (QED) is 0.463. The molecule has 8 heavy (non-hydrogen) atoms. The Labute approximate surface area is 76.8 Å². The summed E-state index contributed by atoms with van der Waals surface area (Å²) in [5.41, 5.74) is 0.